The minimum atomic E-state index is -0.206. The molecule has 1 unspecified atom stereocenters. The summed E-state index contributed by atoms with van der Waals surface area (Å²) >= 11 is 0. The summed E-state index contributed by atoms with van der Waals surface area (Å²) < 4.78 is 2.03. The Labute approximate surface area is 180 Å². The van der Waals surface area contributed by atoms with Crippen molar-refractivity contribution >= 4 is 28.7 Å². The number of aromatic nitrogens is 2. The van der Waals surface area contributed by atoms with E-state index >= 15 is 0 Å². The van der Waals surface area contributed by atoms with Crippen molar-refractivity contribution in [3.05, 3.63) is 72.7 Å². The van der Waals surface area contributed by atoms with E-state index in [4.69, 9.17) is 4.99 Å². The van der Waals surface area contributed by atoms with Gasteiger partial charge in [0.2, 0.25) is 0 Å². The lowest BCUT2D eigenvalue weighted by Gasteiger charge is -2.22. The molecule has 2 N–H and O–H groups in total. The average molecular weight is 416 g/mol. The van der Waals surface area contributed by atoms with Crippen molar-refractivity contribution in [2.24, 2.45) is 4.99 Å². The molecule has 2 atom stereocenters. The van der Waals surface area contributed by atoms with Crippen molar-refractivity contribution in [1.82, 2.24) is 25.1 Å². The van der Waals surface area contributed by atoms with Crippen LogP contribution in [0.15, 0.2) is 72.1 Å². The molecule has 0 bridgehead atoms. The second kappa shape index (κ2) is 7.79. The maximum Gasteiger partial charge on any atom is 0.324 e. The van der Waals surface area contributed by atoms with Gasteiger partial charge in [0.1, 0.15) is 0 Å². The van der Waals surface area contributed by atoms with Crippen molar-refractivity contribution in [3.8, 4) is 0 Å². The van der Waals surface area contributed by atoms with Crippen LogP contribution in [0.4, 0.5) is 10.5 Å². The maximum absolute atomic E-state index is 12.3. The summed E-state index contributed by atoms with van der Waals surface area (Å²) in [6.45, 7) is 3.53. The lowest BCUT2D eigenvalue weighted by Crippen LogP contribution is -2.38. The highest BCUT2D eigenvalue weighted by molar-refractivity contribution is 5.96. The number of aliphatic imine (C=N–C) groups is 1. The molecule has 3 heterocycles. The minimum Gasteiger partial charge on any atom is -0.350 e. The van der Waals surface area contributed by atoms with E-state index in [0.29, 0.717) is 12.5 Å². The summed E-state index contributed by atoms with van der Waals surface area (Å²) in [7, 11) is 1.82. The number of anilines is 1. The number of likely N-dealkylation sites (N-methyl/N-ethyl adjacent to an activating group) is 1. The van der Waals surface area contributed by atoms with Gasteiger partial charge >= 0.3 is 6.03 Å². The monoisotopic (exact) mass is 415 g/mol. The fourth-order valence-corrected chi connectivity index (χ4v) is 3.98. The van der Waals surface area contributed by atoms with Crippen LogP contribution in [0.5, 0.6) is 0 Å². The highest BCUT2D eigenvalue weighted by Crippen LogP contribution is 2.27. The third-order valence-electron chi connectivity index (χ3n) is 5.77. The number of benzene rings is 2. The van der Waals surface area contributed by atoms with Crippen LogP contribution in [0.3, 0.4) is 0 Å². The summed E-state index contributed by atoms with van der Waals surface area (Å²) in [6, 6.07) is 16.4. The van der Waals surface area contributed by atoms with Crippen molar-refractivity contribution < 1.29 is 4.79 Å². The lowest BCUT2D eigenvalue weighted by atomic mass is 10.1. The molecule has 1 aromatic heterocycles. The van der Waals surface area contributed by atoms with Gasteiger partial charge in [-0.1, -0.05) is 30.3 Å². The Morgan fingerprint density at radius 2 is 2.00 bits per heavy atom. The number of carbonyl (C=O) groups excluding carboxylic acids is 1. The van der Waals surface area contributed by atoms with Crippen LogP contribution in [-0.4, -0.2) is 46.6 Å². The fraction of sp³-hybridized carbons (Fsp3) is 0.261. The minimum absolute atomic E-state index is 0.0212. The van der Waals surface area contributed by atoms with Gasteiger partial charge in [-0.3, -0.25) is 4.90 Å². The van der Waals surface area contributed by atoms with E-state index in [0.717, 1.165) is 23.3 Å². The number of carbonyl (C=O) groups is 1. The van der Waals surface area contributed by atoms with E-state index in [1.165, 1.54) is 5.56 Å². The molecule has 158 valence electrons. The molecule has 5 rings (SSSR count). The van der Waals surface area contributed by atoms with Gasteiger partial charge in [0.15, 0.2) is 12.1 Å². The first-order valence-electron chi connectivity index (χ1n) is 10.4. The predicted molar refractivity (Wildman–Crippen MR) is 122 cm³/mol. The molecule has 1 saturated heterocycles. The van der Waals surface area contributed by atoms with Gasteiger partial charge < -0.3 is 20.1 Å². The summed E-state index contributed by atoms with van der Waals surface area (Å²) in [4.78, 5) is 25.2. The molecule has 8 heteroatoms. The molecule has 1 fully saturated rings. The van der Waals surface area contributed by atoms with Crippen LogP contribution in [0.25, 0.3) is 11.0 Å². The zero-order valence-corrected chi connectivity index (χ0v) is 17.6. The molecular weight excluding hydrogens is 390 g/mol. The van der Waals surface area contributed by atoms with Crippen LogP contribution >= 0.6 is 0 Å². The Hall–Kier alpha value is -3.81. The highest BCUT2D eigenvalue weighted by Gasteiger charge is 2.27. The van der Waals surface area contributed by atoms with E-state index in [-0.39, 0.29) is 18.2 Å². The van der Waals surface area contributed by atoms with E-state index in [1.807, 2.05) is 60.3 Å². The van der Waals surface area contributed by atoms with Gasteiger partial charge in [0.25, 0.3) is 0 Å². The predicted octanol–water partition coefficient (Wildman–Crippen LogP) is 3.23. The Bertz CT molecular complexity index is 1170. The number of hydrogen-bond acceptors (Lipinski definition) is 5. The van der Waals surface area contributed by atoms with Crippen molar-refractivity contribution in [2.75, 3.05) is 25.0 Å². The first kappa shape index (κ1) is 19.2. The number of rotatable bonds is 4. The number of guanidine groups is 1. The Kier molecular flexibility index (Phi) is 4.82. The molecular formula is C23H25N7O. The highest BCUT2D eigenvalue weighted by atomic mass is 16.2. The van der Waals surface area contributed by atoms with E-state index in [1.54, 1.807) is 16.1 Å². The lowest BCUT2D eigenvalue weighted by molar-refractivity contribution is 0.229. The molecule has 0 radical (unpaired) electrons. The molecule has 8 nitrogen and oxygen atoms in total. The smallest absolute Gasteiger partial charge is 0.324 e. The summed E-state index contributed by atoms with van der Waals surface area (Å²) in [6.07, 6.45) is 5.49. The topological polar surface area (TPSA) is 77.8 Å². The molecule has 31 heavy (non-hydrogen) atoms. The number of imidazole rings is 1. The number of nitrogens with zero attached hydrogens (tertiary/aromatic N) is 5. The van der Waals surface area contributed by atoms with Crippen LogP contribution in [0.2, 0.25) is 0 Å². The van der Waals surface area contributed by atoms with Gasteiger partial charge in [-0.05, 0) is 36.8 Å². The van der Waals surface area contributed by atoms with Crippen LogP contribution in [0.1, 0.15) is 24.7 Å². The molecule has 2 aliphatic rings. The number of fused-ring (bicyclic) bond motifs is 1. The van der Waals surface area contributed by atoms with E-state index in [2.05, 4.69) is 34.7 Å². The van der Waals surface area contributed by atoms with Crippen molar-refractivity contribution in [2.45, 2.75) is 19.1 Å². The summed E-state index contributed by atoms with van der Waals surface area (Å²) in [5, 5.41) is 6.63. The summed E-state index contributed by atoms with van der Waals surface area (Å²) in [5.74, 6) is 0.716. The zero-order valence-electron chi connectivity index (χ0n) is 17.6. The van der Waals surface area contributed by atoms with E-state index < -0.39 is 0 Å². The molecule has 0 aliphatic carbocycles. The number of amides is 2. The van der Waals surface area contributed by atoms with Crippen LogP contribution in [-0.2, 0) is 0 Å². The van der Waals surface area contributed by atoms with E-state index in [9.17, 15) is 4.79 Å². The zero-order chi connectivity index (χ0) is 21.4. The largest absolute Gasteiger partial charge is 0.350 e. The van der Waals surface area contributed by atoms with Crippen LogP contribution < -0.4 is 15.5 Å². The Morgan fingerprint density at radius 1 is 1.16 bits per heavy atom. The normalized spacial score (nSPS) is 19.5. The fourth-order valence-electron chi connectivity index (χ4n) is 3.98. The van der Waals surface area contributed by atoms with Crippen molar-refractivity contribution in [1.29, 1.82) is 0 Å². The Morgan fingerprint density at radius 3 is 2.77 bits per heavy atom. The number of hydrogen-bond donors (Lipinski definition) is 2. The maximum atomic E-state index is 12.3. The molecule has 2 amide bonds. The molecule has 3 aromatic rings. The second-order valence-corrected chi connectivity index (χ2v) is 7.85. The van der Waals surface area contributed by atoms with Gasteiger partial charge in [0.05, 0.1) is 23.4 Å². The quantitative estimate of drug-likeness (QED) is 0.686. The molecule has 2 aliphatic heterocycles. The first-order valence-corrected chi connectivity index (χ1v) is 10.4. The van der Waals surface area contributed by atoms with Crippen LogP contribution in [0, 0.1) is 0 Å². The average Bonchev–Trinajstić information content (AvgIpc) is 3.37. The third kappa shape index (κ3) is 3.61. The molecule has 2 aromatic carbocycles. The van der Waals surface area contributed by atoms with Gasteiger partial charge in [0, 0.05) is 32.0 Å². The number of nitrogens with one attached hydrogen (secondary N) is 2. The molecule has 0 saturated carbocycles. The SMILES string of the molecule is C[C@H](NC1=NC(n2cnc3cc(N4CCN(C)C4=O)ccc32)C=CN1)c1ccccc1. The van der Waals surface area contributed by atoms with Gasteiger partial charge in [-0.2, -0.15) is 0 Å². The second-order valence-electron chi connectivity index (χ2n) is 7.85. The number of urea groups is 1. The van der Waals surface area contributed by atoms with Gasteiger partial charge in [-0.15, -0.1) is 0 Å². The first-order chi connectivity index (χ1) is 15.1. The Balaban J connectivity index is 1.38. The standard InChI is InChI=1S/C23H25N7O/c1-16(17-6-4-3-5-7-17)26-22-24-11-10-21(27-22)30-15-25-19-14-18(8-9-20(19)30)29-13-12-28(2)23(29)31/h3-11,14-16,21H,12-13H2,1-2H3,(H2,24,26,27)/t16-,21?/m0/s1. The summed E-state index contributed by atoms with van der Waals surface area (Å²) in [5.41, 5.74) is 3.88. The molecule has 0 spiro atoms. The van der Waals surface area contributed by atoms with Crippen molar-refractivity contribution in [3.63, 3.8) is 0 Å². The third-order valence-corrected chi connectivity index (χ3v) is 5.77. The van der Waals surface area contributed by atoms with Gasteiger partial charge in [-0.25, -0.2) is 14.8 Å².